The quantitative estimate of drug-likeness (QED) is 0.750. The van der Waals surface area contributed by atoms with Gasteiger partial charge in [0.25, 0.3) is 0 Å². The molecule has 1 aromatic carbocycles. The number of hydrogen-bond acceptors (Lipinski definition) is 3. The van der Waals surface area contributed by atoms with Crippen molar-refractivity contribution in [2.24, 2.45) is 0 Å². The Morgan fingerprint density at radius 2 is 1.84 bits per heavy atom. The molecule has 5 heteroatoms. The number of carbonyl (C=O) groups is 2. The molecule has 0 saturated heterocycles. The maximum atomic E-state index is 11.4. The number of carbonyl (C=O) groups excluding carboxylic acids is 2. The van der Waals surface area contributed by atoms with Crippen molar-refractivity contribution < 1.29 is 14.3 Å². The lowest BCUT2D eigenvalue weighted by atomic mass is 10.1. The number of rotatable bonds is 6. The zero-order valence-corrected chi connectivity index (χ0v) is 11.4. The normalized spacial score (nSPS) is 9.79. The minimum Gasteiger partial charge on any atom is -0.497 e. The van der Waals surface area contributed by atoms with Crippen molar-refractivity contribution in [3.05, 3.63) is 29.8 Å². The van der Waals surface area contributed by atoms with Crippen LogP contribution in [-0.2, 0) is 16.0 Å². The van der Waals surface area contributed by atoms with Gasteiger partial charge < -0.3 is 15.4 Å². The van der Waals surface area contributed by atoms with E-state index in [9.17, 15) is 9.59 Å². The summed E-state index contributed by atoms with van der Waals surface area (Å²) >= 11 is 0. The number of ether oxygens (including phenoxy) is 1. The van der Waals surface area contributed by atoms with Crippen LogP contribution in [0.2, 0.25) is 0 Å². The van der Waals surface area contributed by atoms with Crippen molar-refractivity contribution in [1.82, 2.24) is 10.6 Å². The summed E-state index contributed by atoms with van der Waals surface area (Å²) in [6.07, 6.45) is 1.47. The molecule has 0 aliphatic rings. The van der Waals surface area contributed by atoms with Gasteiger partial charge in [0.15, 0.2) is 0 Å². The van der Waals surface area contributed by atoms with Gasteiger partial charge in [-0.25, -0.2) is 0 Å². The maximum Gasteiger partial charge on any atom is 0.309 e. The van der Waals surface area contributed by atoms with Crippen LogP contribution in [0.25, 0.3) is 0 Å². The van der Waals surface area contributed by atoms with Crippen LogP contribution in [0.4, 0.5) is 0 Å². The second-order valence-corrected chi connectivity index (χ2v) is 4.11. The molecule has 0 bridgehead atoms. The first-order chi connectivity index (χ1) is 9.17. The summed E-state index contributed by atoms with van der Waals surface area (Å²) in [6, 6.07) is 7.61. The van der Waals surface area contributed by atoms with E-state index in [0.717, 1.165) is 17.7 Å². The highest BCUT2D eigenvalue weighted by Gasteiger charge is 2.11. The van der Waals surface area contributed by atoms with E-state index in [1.165, 1.54) is 0 Å². The minimum absolute atomic E-state index is 0.422. The van der Waals surface area contributed by atoms with Crippen LogP contribution in [0.3, 0.4) is 0 Å². The average molecular weight is 264 g/mol. The lowest BCUT2D eigenvalue weighted by molar-refractivity contribution is -0.139. The zero-order chi connectivity index (χ0) is 14.1. The second kappa shape index (κ2) is 8.13. The van der Waals surface area contributed by atoms with Gasteiger partial charge in [-0.05, 0) is 30.5 Å². The molecule has 0 fully saturated rings. The highest BCUT2D eigenvalue weighted by atomic mass is 16.5. The molecular formula is C14H20N2O3. The van der Waals surface area contributed by atoms with Crippen LogP contribution in [0.15, 0.2) is 24.3 Å². The van der Waals surface area contributed by atoms with Gasteiger partial charge in [-0.1, -0.05) is 19.1 Å². The number of benzene rings is 1. The first kappa shape index (κ1) is 15.0. The molecule has 0 spiro atoms. The van der Waals surface area contributed by atoms with Crippen molar-refractivity contribution in [1.29, 1.82) is 0 Å². The van der Waals surface area contributed by atoms with E-state index in [2.05, 4.69) is 10.6 Å². The van der Waals surface area contributed by atoms with Gasteiger partial charge in [-0.2, -0.15) is 0 Å². The fourth-order valence-electron chi connectivity index (χ4n) is 1.55. The Labute approximate surface area is 113 Å². The maximum absolute atomic E-state index is 11.4. The molecule has 0 aliphatic carbocycles. The van der Waals surface area contributed by atoms with E-state index in [-0.39, 0.29) is 0 Å². The molecule has 0 atom stereocenters. The van der Waals surface area contributed by atoms with E-state index in [0.29, 0.717) is 19.5 Å². The highest BCUT2D eigenvalue weighted by molar-refractivity contribution is 6.35. The molecule has 0 aliphatic heterocycles. The van der Waals surface area contributed by atoms with Crippen molar-refractivity contribution >= 4 is 11.8 Å². The molecule has 0 radical (unpaired) electrons. The summed E-state index contributed by atoms with van der Waals surface area (Å²) in [7, 11) is 1.61. The Hall–Kier alpha value is -2.04. The molecule has 2 amide bonds. The molecule has 1 aromatic rings. The van der Waals surface area contributed by atoms with Crippen LogP contribution in [0.5, 0.6) is 5.75 Å². The van der Waals surface area contributed by atoms with Gasteiger partial charge in [0.05, 0.1) is 7.11 Å². The third-order valence-corrected chi connectivity index (χ3v) is 2.58. The van der Waals surface area contributed by atoms with E-state index in [4.69, 9.17) is 4.74 Å². The highest BCUT2D eigenvalue weighted by Crippen LogP contribution is 2.12. The van der Waals surface area contributed by atoms with Crippen LogP contribution in [0.1, 0.15) is 18.9 Å². The van der Waals surface area contributed by atoms with Crippen LogP contribution in [-0.4, -0.2) is 32.0 Å². The summed E-state index contributed by atoms with van der Waals surface area (Å²) in [5, 5.41) is 5.11. The summed E-state index contributed by atoms with van der Waals surface area (Å²) in [5.41, 5.74) is 1.05. The Kier molecular flexibility index (Phi) is 6.43. The van der Waals surface area contributed by atoms with Crippen LogP contribution in [0, 0.1) is 0 Å². The summed E-state index contributed by atoms with van der Waals surface area (Å²) in [6.45, 7) is 2.87. The van der Waals surface area contributed by atoms with E-state index in [1.807, 2.05) is 31.2 Å². The molecular weight excluding hydrogens is 244 g/mol. The Morgan fingerprint density at radius 3 is 2.47 bits per heavy atom. The first-order valence-electron chi connectivity index (χ1n) is 6.36. The van der Waals surface area contributed by atoms with Crippen molar-refractivity contribution in [2.45, 2.75) is 19.8 Å². The number of nitrogens with one attached hydrogen (secondary N) is 2. The molecule has 0 heterocycles. The van der Waals surface area contributed by atoms with Crippen molar-refractivity contribution in [3.63, 3.8) is 0 Å². The Bertz CT molecular complexity index is 432. The summed E-state index contributed by atoms with van der Waals surface area (Å²) in [4.78, 5) is 22.7. The van der Waals surface area contributed by atoms with Gasteiger partial charge in [0.2, 0.25) is 0 Å². The predicted octanol–water partition coefficient (Wildman–Crippen LogP) is 0.880. The number of amides is 2. The summed E-state index contributed by atoms with van der Waals surface area (Å²) in [5.74, 6) is -0.381. The monoisotopic (exact) mass is 264 g/mol. The molecule has 104 valence electrons. The molecule has 19 heavy (non-hydrogen) atoms. The SMILES string of the molecule is CCCNC(=O)C(=O)NCCc1cccc(OC)c1. The molecule has 0 saturated carbocycles. The van der Waals surface area contributed by atoms with Crippen LogP contribution >= 0.6 is 0 Å². The van der Waals surface area contributed by atoms with E-state index in [1.54, 1.807) is 7.11 Å². The van der Waals surface area contributed by atoms with Crippen molar-refractivity contribution in [2.75, 3.05) is 20.2 Å². The predicted molar refractivity (Wildman–Crippen MR) is 73.0 cm³/mol. The van der Waals surface area contributed by atoms with Gasteiger partial charge in [0, 0.05) is 13.1 Å². The van der Waals surface area contributed by atoms with Gasteiger partial charge in [-0.3, -0.25) is 9.59 Å². The molecule has 1 rings (SSSR count). The second-order valence-electron chi connectivity index (χ2n) is 4.11. The standard InChI is InChI=1S/C14H20N2O3/c1-3-8-15-13(17)14(18)16-9-7-11-5-4-6-12(10-11)19-2/h4-6,10H,3,7-9H2,1-2H3,(H,15,17)(H,16,18). The van der Waals surface area contributed by atoms with Gasteiger partial charge in [-0.15, -0.1) is 0 Å². The average Bonchev–Trinajstić information content (AvgIpc) is 2.44. The third kappa shape index (κ3) is 5.42. The number of methoxy groups -OCH3 is 1. The fraction of sp³-hybridized carbons (Fsp3) is 0.429. The smallest absolute Gasteiger partial charge is 0.309 e. The lowest BCUT2D eigenvalue weighted by Gasteiger charge is -2.07. The topological polar surface area (TPSA) is 67.4 Å². The molecule has 2 N–H and O–H groups in total. The van der Waals surface area contributed by atoms with Crippen molar-refractivity contribution in [3.8, 4) is 5.75 Å². The first-order valence-corrected chi connectivity index (χ1v) is 6.36. The fourth-order valence-corrected chi connectivity index (χ4v) is 1.55. The largest absolute Gasteiger partial charge is 0.497 e. The molecule has 0 aromatic heterocycles. The van der Waals surface area contributed by atoms with Crippen LogP contribution < -0.4 is 15.4 Å². The van der Waals surface area contributed by atoms with E-state index >= 15 is 0 Å². The number of hydrogen-bond donors (Lipinski definition) is 2. The minimum atomic E-state index is -0.587. The molecule has 0 unspecified atom stereocenters. The van der Waals surface area contributed by atoms with E-state index < -0.39 is 11.8 Å². The summed E-state index contributed by atoms with van der Waals surface area (Å²) < 4.78 is 5.11. The molecule has 5 nitrogen and oxygen atoms in total. The lowest BCUT2D eigenvalue weighted by Crippen LogP contribution is -2.40. The van der Waals surface area contributed by atoms with Gasteiger partial charge >= 0.3 is 11.8 Å². The Morgan fingerprint density at radius 1 is 1.16 bits per heavy atom. The third-order valence-electron chi connectivity index (χ3n) is 2.58. The zero-order valence-electron chi connectivity index (χ0n) is 11.4. The van der Waals surface area contributed by atoms with Gasteiger partial charge in [0.1, 0.15) is 5.75 Å². The Balaban J connectivity index is 2.33.